The lowest BCUT2D eigenvalue weighted by Crippen LogP contribution is -2.31. The molecule has 0 aliphatic heterocycles. The van der Waals surface area contributed by atoms with E-state index >= 15 is 0 Å². The second-order valence-corrected chi connectivity index (χ2v) is 8.07. The molecule has 0 heterocycles. The minimum Gasteiger partial charge on any atom is -0.493 e. The number of ether oxygens (including phenoxy) is 3. The van der Waals surface area contributed by atoms with E-state index in [1.807, 2.05) is 0 Å². The predicted molar refractivity (Wildman–Crippen MR) is 128 cm³/mol. The molecule has 0 bridgehead atoms. The van der Waals surface area contributed by atoms with Crippen LogP contribution in [0.3, 0.4) is 0 Å². The molecule has 0 saturated heterocycles. The zero-order chi connectivity index (χ0) is 25.3. The normalized spacial score (nSPS) is 12.8. The molecule has 0 saturated carbocycles. The Balaban J connectivity index is 1.55. The van der Waals surface area contributed by atoms with Gasteiger partial charge in [-0.25, -0.2) is 4.79 Å². The topological polar surface area (TPSA) is 108 Å². The van der Waals surface area contributed by atoms with Crippen LogP contribution in [0.2, 0.25) is 5.02 Å². The van der Waals surface area contributed by atoms with Crippen LogP contribution in [0, 0.1) is 0 Å². The number of fused-ring (bicyclic) bond motifs is 2. The first-order valence-corrected chi connectivity index (χ1v) is 10.9. The van der Waals surface area contributed by atoms with Gasteiger partial charge in [0.05, 0.1) is 36.1 Å². The van der Waals surface area contributed by atoms with E-state index in [2.05, 4.69) is 5.32 Å². The van der Waals surface area contributed by atoms with Crippen LogP contribution < -0.4 is 14.8 Å². The molecule has 1 atom stereocenters. The van der Waals surface area contributed by atoms with Crippen LogP contribution in [-0.2, 0) is 9.53 Å². The minimum atomic E-state index is -1.23. The van der Waals surface area contributed by atoms with Crippen molar-refractivity contribution in [1.82, 2.24) is 0 Å². The summed E-state index contributed by atoms with van der Waals surface area (Å²) in [6.45, 7) is 1.38. The first-order chi connectivity index (χ1) is 16.8. The number of esters is 1. The highest BCUT2D eigenvalue weighted by molar-refractivity contribution is 6.32. The molecule has 1 aliphatic carbocycles. The third-order valence-electron chi connectivity index (χ3n) is 5.53. The van der Waals surface area contributed by atoms with Crippen LogP contribution in [0.1, 0.15) is 49.1 Å². The molecule has 1 aliphatic rings. The molecule has 3 aromatic carbocycles. The van der Waals surface area contributed by atoms with E-state index in [1.165, 1.54) is 45.4 Å². The van der Waals surface area contributed by atoms with Gasteiger partial charge in [0.1, 0.15) is 0 Å². The van der Waals surface area contributed by atoms with E-state index in [1.54, 1.807) is 30.3 Å². The second-order valence-electron chi connectivity index (χ2n) is 7.66. The Labute approximate surface area is 205 Å². The third-order valence-corrected chi connectivity index (χ3v) is 5.81. The number of rotatable bonds is 6. The molecule has 178 valence electrons. The highest BCUT2D eigenvalue weighted by Crippen LogP contribution is 2.36. The molecule has 8 nitrogen and oxygen atoms in total. The van der Waals surface area contributed by atoms with E-state index in [0.29, 0.717) is 5.56 Å². The van der Waals surface area contributed by atoms with Crippen LogP contribution >= 0.6 is 11.6 Å². The summed E-state index contributed by atoms with van der Waals surface area (Å²) in [6.07, 6.45) is -1.23. The summed E-state index contributed by atoms with van der Waals surface area (Å²) in [5, 5.41) is 2.74. The number of benzene rings is 3. The smallest absolute Gasteiger partial charge is 0.339 e. The van der Waals surface area contributed by atoms with Crippen LogP contribution in [0.4, 0.5) is 5.69 Å². The average Bonchev–Trinajstić information content (AvgIpc) is 2.86. The molecule has 4 rings (SSSR count). The zero-order valence-electron chi connectivity index (χ0n) is 19.0. The van der Waals surface area contributed by atoms with Crippen LogP contribution in [0.15, 0.2) is 54.6 Å². The number of nitrogens with one attached hydrogen (secondary N) is 1. The van der Waals surface area contributed by atoms with Gasteiger partial charge in [0.15, 0.2) is 29.2 Å². The third kappa shape index (κ3) is 4.36. The number of anilines is 1. The number of amides is 1. The maximum absolute atomic E-state index is 13.1. The monoisotopic (exact) mass is 493 g/mol. The maximum Gasteiger partial charge on any atom is 0.339 e. The van der Waals surface area contributed by atoms with Crippen LogP contribution in [-0.4, -0.2) is 43.8 Å². The van der Waals surface area contributed by atoms with Gasteiger partial charge < -0.3 is 19.5 Å². The fourth-order valence-electron chi connectivity index (χ4n) is 3.80. The van der Waals surface area contributed by atoms with E-state index in [9.17, 15) is 19.2 Å². The minimum absolute atomic E-state index is 0.0572. The Morgan fingerprint density at radius 1 is 0.886 bits per heavy atom. The molecular formula is C26H20ClNO7. The first kappa shape index (κ1) is 24.0. The van der Waals surface area contributed by atoms with Crippen molar-refractivity contribution in [2.75, 3.05) is 19.5 Å². The summed E-state index contributed by atoms with van der Waals surface area (Å²) < 4.78 is 15.6. The van der Waals surface area contributed by atoms with Gasteiger partial charge in [0.2, 0.25) is 0 Å². The highest BCUT2D eigenvalue weighted by atomic mass is 35.5. The molecule has 1 N–H and O–H groups in total. The molecule has 1 amide bonds. The van der Waals surface area contributed by atoms with Crippen molar-refractivity contribution >= 4 is 40.7 Å². The number of hydrogen-bond donors (Lipinski definition) is 1. The number of ketones is 2. The van der Waals surface area contributed by atoms with Gasteiger partial charge in [0.25, 0.3) is 5.91 Å². The molecule has 35 heavy (non-hydrogen) atoms. The molecule has 0 fully saturated rings. The number of methoxy groups -OCH3 is 2. The SMILES string of the molecule is COc1cc(C(=O)OC(C)C(=O)Nc2cccc3c2C(=O)c2ccccc2C3=O)cc(Cl)c1OC. The van der Waals surface area contributed by atoms with E-state index in [-0.39, 0.29) is 56.0 Å². The quantitative estimate of drug-likeness (QED) is 0.398. The molecule has 9 heteroatoms. The molecule has 0 spiro atoms. The number of carbonyl (C=O) groups is 4. The fourth-order valence-corrected chi connectivity index (χ4v) is 4.09. The van der Waals surface area contributed by atoms with Crippen molar-refractivity contribution < 1.29 is 33.4 Å². The van der Waals surface area contributed by atoms with Crippen molar-refractivity contribution in [2.45, 2.75) is 13.0 Å². The zero-order valence-corrected chi connectivity index (χ0v) is 19.8. The predicted octanol–water partition coefficient (Wildman–Crippen LogP) is 4.32. The van der Waals surface area contributed by atoms with Crippen molar-refractivity contribution in [1.29, 1.82) is 0 Å². The molecular weight excluding hydrogens is 474 g/mol. The average molecular weight is 494 g/mol. The Hall–Kier alpha value is -4.17. The maximum atomic E-state index is 13.1. The lowest BCUT2D eigenvalue weighted by Gasteiger charge is -2.21. The van der Waals surface area contributed by atoms with E-state index in [4.69, 9.17) is 25.8 Å². The Kier molecular flexibility index (Phi) is 6.57. The Morgan fingerprint density at radius 2 is 1.54 bits per heavy atom. The second kappa shape index (κ2) is 9.60. The lowest BCUT2D eigenvalue weighted by molar-refractivity contribution is -0.123. The number of carbonyl (C=O) groups excluding carboxylic acids is 4. The molecule has 1 unspecified atom stereocenters. The van der Waals surface area contributed by atoms with Gasteiger partial charge >= 0.3 is 5.97 Å². The van der Waals surface area contributed by atoms with Gasteiger partial charge in [-0.1, -0.05) is 48.0 Å². The Morgan fingerprint density at radius 3 is 2.20 bits per heavy atom. The van der Waals surface area contributed by atoms with Crippen LogP contribution in [0.25, 0.3) is 0 Å². The summed E-state index contributed by atoms with van der Waals surface area (Å²) in [7, 11) is 2.80. The van der Waals surface area contributed by atoms with Gasteiger partial charge in [-0.2, -0.15) is 0 Å². The Bertz CT molecular complexity index is 1380. The van der Waals surface area contributed by atoms with Gasteiger partial charge in [0, 0.05) is 16.7 Å². The largest absolute Gasteiger partial charge is 0.493 e. The molecule has 0 radical (unpaired) electrons. The molecule has 0 aromatic heterocycles. The summed E-state index contributed by atoms with van der Waals surface area (Å²) in [4.78, 5) is 51.5. The molecule has 3 aromatic rings. The van der Waals surface area contributed by atoms with Crippen molar-refractivity contribution in [3.63, 3.8) is 0 Å². The van der Waals surface area contributed by atoms with Gasteiger partial charge in [-0.05, 0) is 25.1 Å². The summed E-state index contributed by atoms with van der Waals surface area (Å²) in [6, 6.07) is 13.8. The van der Waals surface area contributed by atoms with E-state index < -0.39 is 18.0 Å². The fraction of sp³-hybridized carbons (Fsp3) is 0.154. The van der Waals surface area contributed by atoms with E-state index in [0.717, 1.165) is 0 Å². The summed E-state index contributed by atoms with van der Waals surface area (Å²) >= 11 is 6.14. The van der Waals surface area contributed by atoms with Gasteiger partial charge in [-0.15, -0.1) is 0 Å². The summed E-state index contributed by atoms with van der Waals surface area (Å²) in [5.74, 6) is -1.70. The number of halogens is 1. The van der Waals surface area contributed by atoms with Crippen molar-refractivity contribution in [2.24, 2.45) is 0 Å². The van der Waals surface area contributed by atoms with Crippen molar-refractivity contribution in [3.8, 4) is 11.5 Å². The van der Waals surface area contributed by atoms with Crippen molar-refractivity contribution in [3.05, 3.63) is 87.4 Å². The van der Waals surface area contributed by atoms with Crippen LogP contribution in [0.5, 0.6) is 11.5 Å². The number of hydrogen-bond acceptors (Lipinski definition) is 7. The first-order valence-electron chi connectivity index (χ1n) is 10.5. The lowest BCUT2D eigenvalue weighted by atomic mass is 9.83. The highest BCUT2D eigenvalue weighted by Gasteiger charge is 2.32. The van der Waals surface area contributed by atoms with Gasteiger partial charge in [-0.3, -0.25) is 14.4 Å². The summed E-state index contributed by atoms with van der Waals surface area (Å²) in [5.41, 5.74) is 1.06. The standard InChI is InChI=1S/C26H20ClNO7/c1-13(35-26(32)14-11-18(27)24(34-3)20(12-14)33-2)25(31)28-19-10-6-9-17-21(19)23(30)16-8-5-4-7-15(16)22(17)29/h4-13H,1-3H3,(H,28,31).